The van der Waals surface area contributed by atoms with Crippen molar-refractivity contribution in [3.8, 4) is 0 Å². The van der Waals surface area contributed by atoms with Crippen molar-refractivity contribution in [1.82, 2.24) is 4.90 Å². The molecule has 110 valence electrons. The van der Waals surface area contributed by atoms with Crippen LogP contribution >= 0.6 is 0 Å². The second-order valence-corrected chi connectivity index (χ2v) is 6.19. The fourth-order valence-corrected chi connectivity index (χ4v) is 2.52. The van der Waals surface area contributed by atoms with Crippen molar-refractivity contribution in [1.29, 1.82) is 0 Å². The van der Waals surface area contributed by atoms with E-state index in [0.717, 1.165) is 38.0 Å². The Kier molecular flexibility index (Phi) is 4.25. The van der Waals surface area contributed by atoms with E-state index in [1.54, 1.807) is 12.1 Å². The summed E-state index contributed by atoms with van der Waals surface area (Å²) in [6.45, 7) is 7.41. The lowest BCUT2D eigenvalue weighted by atomic mass is 9.82. The smallest absolute Gasteiger partial charge is 0.293 e. The number of nitrogens with one attached hydrogen (secondary N) is 1. The van der Waals surface area contributed by atoms with Gasteiger partial charge >= 0.3 is 0 Å². The molecule has 1 aliphatic rings. The summed E-state index contributed by atoms with van der Waals surface area (Å²) in [6, 6.07) is 5.16. The zero-order valence-electron chi connectivity index (χ0n) is 12.1. The van der Waals surface area contributed by atoms with Crippen molar-refractivity contribution in [3.63, 3.8) is 0 Å². The lowest BCUT2D eigenvalue weighted by Crippen LogP contribution is -2.36. The number of nitro benzene ring substituents is 1. The summed E-state index contributed by atoms with van der Waals surface area (Å²) in [4.78, 5) is 12.9. The molecule has 0 bridgehead atoms. The summed E-state index contributed by atoms with van der Waals surface area (Å²) in [5.41, 5.74) is 4.11. The van der Waals surface area contributed by atoms with Crippen molar-refractivity contribution >= 4 is 11.4 Å². The highest BCUT2D eigenvalue weighted by Gasteiger charge is 2.25. The van der Waals surface area contributed by atoms with Crippen LogP contribution in [0, 0.1) is 15.5 Å². The number of likely N-dealkylation sites (tertiary alicyclic amines) is 1. The first kappa shape index (κ1) is 14.7. The molecule has 1 aromatic carbocycles. The Balaban J connectivity index is 2.07. The number of nitrogens with two attached hydrogens (primary N) is 1. The average Bonchev–Trinajstić information content (AvgIpc) is 2.41. The van der Waals surface area contributed by atoms with Gasteiger partial charge in [-0.1, -0.05) is 19.9 Å². The third-order valence-corrected chi connectivity index (χ3v) is 4.03. The fraction of sp³-hybridized carbons (Fsp3) is 0.571. The highest BCUT2D eigenvalue weighted by Crippen LogP contribution is 2.31. The van der Waals surface area contributed by atoms with Crippen molar-refractivity contribution in [2.45, 2.75) is 33.2 Å². The number of hydrogen-bond donors (Lipinski definition) is 2. The molecule has 0 spiro atoms. The van der Waals surface area contributed by atoms with Crippen LogP contribution in [-0.4, -0.2) is 22.9 Å². The lowest BCUT2D eigenvalue weighted by molar-refractivity contribution is -0.384. The molecular weight excluding hydrogens is 256 g/mol. The lowest BCUT2D eigenvalue weighted by Gasteiger charge is -2.36. The van der Waals surface area contributed by atoms with Crippen LogP contribution in [0.1, 0.15) is 32.3 Å². The molecule has 0 atom stereocenters. The van der Waals surface area contributed by atoms with Gasteiger partial charge in [0, 0.05) is 12.6 Å². The zero-order chi connectivity index (χ0) is 14.8. The first-order valence-electron chi connectivity index (χ1n) is 6.87. The van der Waals surface area contributed by atoms with Crippen LogP contribution in [0.15, 0.2) is 18.2 Å². The summed E-state index contributed by atoms with van der Waals surface area (Å²) < 4.78 is 0. The van der Waals surface area contributed by atoms with Crippen LogP contribution in [0.5, 0.6) is 0 Å². The molecule has 1 fully saturated rings. The molecule has 0 radical (unpaired) electrons. The number of benzene rings is 1. The first-order valence-corrected chi connectivity index (χ1v) is 6.87. The maximum atomic E-state index is 11.0. The predicted molar refractivity (Wildman–Crippen MR) is 79.2 cm³/mol. The molecule has 6 nitrogen and oxygen atoms in total. The molecule has 0 aromatic heterocycles. The monoisotopic (exact) mass is 278 g/mol. The van der Waals surface area contributed by atoms with Gasteiger partial charge in [0.05, 0.1) is 4.92 Å². The minimum absolute atomic E-state index is 0.0299. The molecule has 1 aliphatic heterocycles. The Morgan fingerprint density at radius 2 is 2.05 bits per heavy atom. The van der Waals surface area contributed by atoms with Crippen LogP contribution in [0.2, 0.25) is 0 Å². The van der Waals surface area contributed by atoms with Crippen molar-refractivity contribution < 1.29 is 4.92 Å². The highest BCUT2D eigenvalue weighted by molar-refractivity contribution is 5.61. The number of rotatable bonds is 4. The molecule has 6 heteroatoms. The normalized spacial score (nSPS) is 18.8. The van der Waals surface area contributed by atoms with Gasteiger partial charge in [0.1, 0.15) is 5.69 Å². The Labute approximate surface area is 119 Å². The van der Waals surface area contributed by atoms with E-state index in [0.29, 0.717) is 11.1 Å². The molecule has 1 heterocycles. The van der Waals surface area contributed by atoms with Gasteiger partial charge in [-0.2, -0.15) is 0 Å². The Morgan fingerprint density at radius 1 is 1.40 bits per heavy atom. The van der Waals surface area contributed by atoms with Crippen LogP contribution in [0.4, 0.5) is 11.4 Å². The van der Waals surface area contributed by atoms with E-state index < -0.39 is 4.92 Å². The topological polar surface area (TPSA) is 84.4 Å². The maximum Gasteiger partial charge on any atom is 0.293 e. The van der Waals surface area contributed by atoms with Gasteiger partial charge in [0.15, 0.2) is 0 Å². The van der Waals surface area contributed by atoms with Crippen molar-refractivity contribution in [3.05, 3.63) is 33.9 Å². The maximum absolute atomic E-state index is 11.0. The number of hydrazine groups is 1. The van der Waals surface area contributed by atoms with E-state index in [-0.39, 0.29) is 5.69 Å². The molecule has 0 amide bonds. The zero-order valence-corrected chi connectivity index (χ0v) is 12.1. The van der Waals surface area contributed by atoms with Gasteiger partial charge in [-0.25, -0.2) is 0 Å². The van der Waals surface area contributed by atoms with E-state index >= 15 is 0 Å². The number of nitrogen functional groups attached to an aromatic ring is 1. The number of nitro groups is 1. The van der Waals surface area contributed by atoms with Crippen molar-refractivity contribution in [2.75, 3.05) is 18.5 Å². The summed E-state index contributed by atoms with van der Waals surface area (Å²) in [5, 5.41) is 11.0. The third kappa shape index (κ3) is 3.46. The highest BCUT2D eigenvalue weighted by atomic mass is 16.6. The summed E-state index contributed by atoms with van der Waals surface area (Å²) in [6.07, 6.45) is 2.33. The third-order valence-electron chi connectivity index (χ3n) is 4.03. The predicted octanol–water partition coefficient (Wildman–Crippen LogP) is 2.50. The molecule has 2 rings (SSSR count). The molecule has 3 N–H and O–H groups in total. The van der Waals surface area contributed by atoms with Crippen LogP contribution in [-0.2, 0) is 6.54 Å². The second-order valence-electron chi connectivity index (χ2n) is 6.19. The Morgan fingerprint density at radius 3 is 2.60 bits per heavy atom. The van der Waals surface area contributed by atoms with Crippen LogP contribution in [0.3, 0.4) is 0 Å². The molecule has 0 saturated carbocycles. The second kappa shape index (κ2) is 5.76. The van der Waals surface area contributed by atoms with Gasteiger partial charge in [-0.05, 0) is 43.0 Å². The molecule has 1 aromatic rings. The number of hydrogen-bond acceptors (Lipinski definition) is 5. The van der Waals surface area contributed by atoms with E-state index in [2.05, 4.69) is 24.2 Å². The summed E-state index contributed by atoms with van der Waals surface area (Å²) >= 11 is 0. The SMILES string of the molecule is CC1(C)CCN(Cc2ccc(NN)c([N+](=O)[O-])c2)CC1. The Bertz CT molecular complexity index is 492. The minimum Gasteiger partial charge on any atom is -0.318 e. The quantitative estimate of drug-likeness (QED) is 0.502. The van der Waals surface area contributed by atoms with E-state index in [4.69, 9.17) is 5.84 Å². The average molecular weight is 278 g/mol. The minimum atomic E-state index is -0.405. The van der Waals surface area contributed by atoms with Crippen molar-refractivity contribution in [2.24, 2.45) is 11.3 Å². The molecular formula is C14H22N4O2. The van der Waals surface area contributed by atoms with E-state index in [1.165, 1.54) is 0 Å². The molecule has 1 saturated heterocycles. The molecule has 0 unspecified atom stereocenters. The van der Waals surface area contributed by atoms with E-state index in [1.807, 2.05) is 6.07 Å². The summed E-state index contributed by atoms with van der Waals surface area (Å²) in [5.74, 6) is 5.29. The molecule has 0 aliphatic carbocycles. The number of piperidine rings is 1. The molecule has 20 heavy (non-hydrogen) atoms. The Hall–Kier alpha value is -1.66. The van der Waals surface area contributed by atoms with Gasteiger partial charge in [0.25, 0.3) is 5.69 Å². The first-order chi connectivity index (χ1) is 9.41. The number of nitrogens with zero attached hydrogens (tertiary/aromatic N) is 2. The van der Waals surface area contributed by atoms with Gasteiger partial charge < -0.3 is 5.43 Å². The largest absolute Gasteiger partial charge is 0.318 e. The van der Waals surface area contributed by atoms with Gasteiger partial charge in [0.2, 0.25) is 0 Å². The van der Waals surface area contributed by atoms with E-state index in [9.17, 15) is 10.1 Å². The van der Waals surface area contributed by atoms with Gasteiger partial charge in [-0.15, -0.1) is 0 Å². The van der Waals surface area contributed by atoms with Gasteiger partial charge in [-0.3, -0.25) is 20.9 Å². The van der Waals surface area contributed by atoms with Crippen LogP contribution < -0.4 is 11.3 Å². The fourth-order valence-electron chi connectivity index (χ4n) is 2.52. The van der Waals surface area contributed by atoms with Crippen LogP contribution in [0.25, 0.3) is 0 Å². The number of anilines is 1. The standard InChI is InChI=1S/C14H22N4O2/c1-14(2)5-7-17(8-6-14)10-11-3-4-12(16-15)13(9-11)18(19)20/h3-4,9,16H,5-8,10,15H2,1-2H3. The summed E-state index contributed by atoms with van der Waals surface area (Å²) in [7, 11) is 0.